The van der Waals surface area contributed by atoms with Gasteiger partial charge in [-0.2, -0.15) is 0 Å². The van der Waals surface area contributed by atoms with E-state index in [1.54, 1.807) is 0 Å². The van der Waals surface area contributed by atoms with Gasteiger partial charge in [0.15, 0.2) is 5.11 Å². The van der Waals surface area contributed by atoms with Crippen LogP contribution in [-0.2, 0) is 11.3 Å². The number of H-pyrrole nitrogens is 1. The van der Waals surface area contributed by atoms with Crippen molar-refractivity contribution in [3.63, 3.8) is 0 Å². The van der Waals surface area contributed by atoms with Crippen LogP contribution >= 0.6 is 12.2 Å². The summed E-state index contributed by atoms with van der Waals surface area (Å²) in [6, 6.07) is 6.67. The van der Waals surface area contributed by atoms with Crippen LogP contribution in [0.4, 0.5) is 0 Å². The first-order valence-corrected chi connectivity index (χ1v) is 11.2. The highest BCUT2D eigenvalue weighted by Crippen LogP contribution is 2.25. The summed E-state index contributed by atoms with van der Waals surface area (Å²) in [7, 11) is 0. The first-order valence-electron chi connectivity index (χ1n) is 10.7. The lowest BCUT2D eigenvalue weighted by Gasteiger charge is -2.31. The Morgan fingerprint density at radius 1 is 1.28 bits per heavy atom. The van der Waals surface area contributed by atoms with Gasteiger partial charge < -0.3 is 19.9 Å². The van der Waals surface area contributed by atoms with E-state index in [9.17, 15) is 4.79 Å². The van der Waals surface area contributed by atoms with Gasteiger partial charge in [-0.05, 0) is 75.3 Å². The number of ether oxygens (including phenoxy) is 1. The number of nitrogens with one attached hydrogen (secondary N) is 2. The van der Waals surface area contributed by atoms with E-state index in [0.29, 0.717) is 12.6 Å². The van der Waals surface area contributed by atoms with Gasteiger partial charge in [0.05, 0.1) is 12.1 Å². The third kappa shape index (κ3) is 5.58. The SMILES string of the molecule is CCOCCCNC(=S)N(Cc1cc2cc(C)cc(C)c2[nH]c1=O)C1CCCC1. The van der Waals surface area contributed by atoms with Crippen molar-refractivity contribution >= 4 is 28.2 Å². The maximum atomic E-state index is 12.8. The number of pyridine rings is 1. The highest BCUT2D eigenvalue weighted by molar-refractivity contribution is 7.80. The zero-order chi connectivity index (χ0) is 20.8. The standard InChI is InChI=1S/C23H33N3O2S/c1-4-28-11-7-10-24-23(29)26(20-8-5-6-9-20)15-19-14-18-13-16(2)12-17(3)21(18)25-22(19)27/h12-14,20H,4-11,15H2,1-3H3,(H,24,29)(H,25,27). The monoisotopic (exact) mass is 415 g/mol. The van der Waals surface area contributed by atoms with E-state index in [4.69, 9.17) is 17.0 Å². The van der Waals surface area contributed by atoms with E-state index in [2.05, 4.69) is 34.3 Å². The summed E-state index contributed by atoms with van der Waals surface area (Å²) in [4.78, 5) is 18.1. The molecule has 1 saturated carbocycles. The van der Waals surface area contributed by atoms with Crippen LogP contribution in [0.25, 0.3) is 10.9 Å². The first kappa shape index (κ1) is 21.8. The number of nitrogens with zero attached hydrogens (tertiary/aromatic N) is 1. The Balaban J connectivity index is 1.79. The molecule has 1 aromatic heterocycles. The van der Waals surface area contributed by atoms with Gasteiger partial charge in [-0.15, -0.1) is 0 Å². The van der Waals surface area contributed by atoms with Crippen LogP contribution in [0.1, 0.15) is 55.7 Å². The Bertz CT molecular complexity index is 903. The number of aromatic amines is 1. The van der Waals surface area contributed by atoms with E-state index in [0.717, 1.165) is 66.2 Å². The topological polar surface area (TPSA) is 57.4 Å². The second-order valence-electron chi connectivity index (χ2n) is 8.02. The molecule has 29 heavy (non-hydrogen) atoms. The molecule has 0 bridgehead atoms. The molecule has 6 heteroatoms. The smallest absolute Gasteiger partial charge is 0.253 e. The fraction of sp³-hybridized carbons (Fsp3) is 0.565. The summed E-state index contributed by atoms with van der Waals surface area (Å²) in [5, 5.41) is 5.21. The van der Waals surface area contributed by atoms with Crippen LogP contribution in [0.15, 0.2) is 23.0 Å². The highest BCUT2D eigenvalue weighted by atomic mass is 32.1. The van der Waals surface area contributed by atoms with Crippen molar-refractivity contribution in [3.05, 3.63) is 45.2 Å². The third-order valence-corrected chi connectivity index (χ3v) is 6.06. The molecule has 1 fully saturated rings. The zero-order valence-electron chi connectivity index (χ0n) is 17.8. The number of thiocarbonyl (C=S) groups is 1. The predicted octanol–water partition coefficient (Wildman–Crippen LogP) is 4.19. The van der Waals surface area contributed by atoms with Crippen molar-refractivity contribution < 1.29 is 4.74 Å². The Labute approximate surface area is 178 Å². The third-order valence-electron chi connectivity index (χ3n) is 5.68. The largest absolute Gasteiger partial charge is 0.382 e. The van der Waals surface area contributed by atoms with E-state index < -0.39 is 0 Å². The molecule has 0 radical (unpaired) electrons. The van der Waals surface area contributed by atoms with Gasteiger partial charge in [-0.3, -0.25) is 4.79 Å². The predicted molar refractivity (Wildman–Crippen MR) is 124 cm³/mol. The minimum Gasteiger partial charge on any atom is -0.382 e. The first-order chi connectivity index (χ1) is 14.0. The fourth-order valence-electron chi connectivity index (χ4n) is 4.23. The molecule has 1 aromatic carbocycles. The summed E-state index contributed by atoms with van der Waals surface area (Å²) < 4.78 is 5.40. The molecular formula is C23H33N3O2S. The molecule has 0 unspecified atom stereocenters. The molecule has 1 aliphatic rings. The Kier molecular flexibility index (Phi) is 7.67. The van der Waals surface area contributed by atoms with Crippen LogP contribution in [-0.4, -0.2) is 40.8 Å². The molecule has 0 saturated heterocycles. The van der Waals surface area contributed by atoms with Crippen molar-refractivity contribution in [1.82, 2.24) is 15.2 Å². The van der Waals surface area contributed by atoms with E-state index in [-0.39, 0.29) is 5.56 Å². The summed E-state index contributed by atoms with van der Waals surface area (Å²) >= 11 is 5.73. The number of rotatable bonds is 8. The molecule has 3 rings (SSSR count). The van der Waals surface area contributed by atoms with Gasteiger partial charge in [0.1, 0.15) is 0 Å². The molecule has 1 aliphatic carbocycles. The van der Waals surface area contributed by atoms with Crippen molar-refractivity contribution in [3.8, 4) is 0 Å². The summed E-state index contributed by atoms with van der Waals surface area (Å²) in [5.41, 5.74) is 3.97. The van der Waals surface area contributed by atoms with Gasteiger partial charge >= 0.3 is 0 Å². The molecule has 0 amide bonds. The molecule has 5 nitrogen and oxygen atoms in total. The van der Waals surface area contributed by atoms with E-state index in [1.165, 1.54) is 18.4 Å². The van der Waals surface area contributed by atoms with Crippen molar-refractivity contribution in [2.24, 2.45) is 0 Å². The Morgan fingerprint density at radius 2 is 2.03 bits per heavy atom. The summed E-state index contributed by atoms with van der Waals surface area (Å²) in [5.74, 6) is 0. The second-order valence-corrected chi connectivity index (χ2v) is 8.41. The van der Waals surface area contributed by atoms with Gasteiger partial charge in [-0.1, -0.05) is 24.5 Å². The number of aromatic nitrogens is 1. The van der Waals surface area contributed by atoms with Crippen LogP contribution in [0, 0.1) is 13.8 Å². The quantitative estimate of drug-likeness (QED) is 0.500. The van der Waals surface area contributed by atoms with Gasteiger partial charge in [-0.25, -0.2) is 0 Å². The lowest BCUT2D eigenvalue weighted by molar-refractivity contribution is 0.145. The van der Waals surface area contributed by atoms with E-state index in [1.807, 2.05) is 19.9 Å². The van der Waals surface area contributed by atoms with Crippen LogP contribution in [0.5, 0.6) is 0 Å². The average molecular weight is 416 g/mol. The summed E-state index contributed by atoms with van der Waals surface area (Å²) in [6.45, 7) is 8.93. The molecule has 2 N–H and O–H groups in total. The number of aryl methyl sites for hydroxylation is 2. The molecule has 0 spiro atoms. The van der Waals surface area contributed by atoms with Crippen LogP contribution in [0.3, 0.4) is 0 Å². The number of benzene rings is 1. The maximum Gasteiger partial charge on any atom is 0.253 e. The number of fused-ring (bicyclic) bond motifs is 1. The lowest BCUT2D eigenvalue weighted by Crippen LogP contribution is -2.45. The molecular weight excluding hydrogens is 382 g/mol. The van der Waals surface area contributed by atoms with Gasteiger partial charge in [0, 0.05) is 31.4 Å². The zero-order valence-corrected chi connectivity index (χ0v) is 18.7. The molecule has 1 heterocycles. The van der Waals surface area contributed by atoms with Gasteiger partial charge in [0.2, 0.25) is 0 Å². The fourth-order valence-corrected chi connectivity index (χ4v) is 4.55. The van der Waals surface area contributed by atoms with Gasteiger partial charge in [0.25, 0.3) is 5.56 Å². The van der Waals surface area contributed by atoms with Crippen molar-refractivity contribution in [1.29, 1.82) is 0 Å². The summed E-state index contributed by atoms with van der Waals surface area (Å²) in [6.07, 6.45) is 5.62. The van der Waals surface area contributed by atoms with Crippen LogP contribution in [0.2, 0.25) is 0 Å². The Hall–Kier alpha value is -1.92. The second kappa shape index (κ2) is 10.2. The maximum absolute atomic E-state index is 12.8. The van der Waals surface area contributed by atoms with E-state index >= 15 is 0 Å². The minimum absolute atomic E-state index is 0.0217. The molecule has 0 atom stereocenters. The average Bonchev–Trinajstić information content (AvgIpc) is 3.21. The van der Waals surface area contributed by atoms with Crippen molar-refractivity contribution in [2.45, 2.75) is 65.5 Å². The molecule has 2 aromatic rings. The normalized spacial score (nSPS) is 14.4. The lowest BCUT2D eigenvalue weighted by atomic mass is 10.0. The number of hydrogen-bond acceptors (Lipinski definition) is 3. The number of hydrogen-bond donors (Lipinski definition) is 2. The molecule has 158 valence electrons. The minimum atomic E-state index is -0.0217. The Morgan fingerprint density at radius 3 is 2.76 bits per heavy atom. The highest BCUT2D eigenvalue weighted by Gasteiger charge is 2.25. The van der Waals surface area contributed by atoms with Crippen molar-refractivity contribution in [2.75, 3.05) is 19.8 Å². The molecule has 0 aliphatic heterocycles. The van der Waals surface area contributed by atoms with Crippen LogP contribution < -0.4 is 10.9 Å².